The molecule has 2 atom stereocenters. The maximum Gasteiger partial charge on any atom is 0.122 e. The van der Waals surface area contributed by atoms with Gasteiger partial charge >= 0.3 is 0 Å². The highest BCUT2D eigenvalue weighted by atomic mass is 35.5. The van der Waals surface area contributed by atoms with Crippen LogP contribution in [-0.2, 0) is 6.42 Å². The highest BCUT2D eigenvalue weighted by molar-refractivity contribution is 6.30. The monoisotopic (exact) mass is 284 g/mol. The normalized spacial score (nSPS) is 33.3. The second kappa shape index (κ2) is 4.61. The van der Waals surface area contributed by atoms with Gasteiger partial charge < -0.3 is 4.74 Å². The first-order valence-corrected chi connectivity index (χ1v) is 7.45. The first-order valence-electron chi connectivity index (χ1n) is 6.54. The third-order valence-corrected chi connectivity index (χ3v) is 5.35. The van der Waals surface area contributed by atoms with Gasteiger partial charge in [0.1, 0.15) is 5.75 Å². The Balaban J connectivity index is 1.84. The number of halogens is 2. The van der Waals surface area contributed by atoms with Crippen LogP contribution in [0.3, 0.4) is 0 Å². The van der Waals surface area contributed by atoms with E-state index in [9.17, 15) is 0 Å². The van der Waals surface area contributed by atoms with Crippen molar-refractivity contribution in [1.82, 2.24) is 0 Å². The Morgan fingerprint density at radius 3 is 2.67 bits per heavy atom. The van der Waals surface area contributed by atoms with Crippen molar-refractivity contribution >= 4 is 23.2 Å². The van der Waals surface area contributed by atoms with Crippen LogP contribution in [0.5, 0.6) is 5.75 Å². The van der Waals surface area contributed by atoms with E-state index in [1.54, 1.807) is 7.11 Å². The second-order valence-corrected chi connectivity index (χ2v) is 6.63. The van der Waals surface area contributed by atoms with Gasteiger partial charge in [-0.1, -0.05) is 11.6 Å². The van der Waals surface area contributed by atoms with Gasteiger partial charge in [-0.25, -0.2) is 0 Å². The molecule has 1 aromatic rings. The predicted octanol–water partition coefficient (Wildman–Crippen LogP) is 4.55. The number of benzene rings is 1. The zero-order valence-corrected chi connectivity index (χ0v) is 12.1. The number of hydrogen-bond donors (Lipinski definition) is 0. The van der Waals surface area contributed by atoms with Gasteiger partial charge in [0.2, 0.25) is 0 Å². The van der Waals surface area contributed by atoms with E-state index in [4.69, 9.17) is 27.9 Å². The highest BCUT2D eigenvalue weighted by Crippen LogP contribution is 2.61. The van der Waals surface area contributed by atoms with E-state index in [0.29, 0.717) is 0 Å². The lowest BCUT2D eigenvalue weighted by Crippen LogP contribution is -2.24. The van der Waals surface area contributed by atoms with Gasteiger partial charge in [0.15, 0.2) is 0 Å². The molecule has 2 aliphatic rings. The summed E-state index contributed by atoms with van der Waals surface area (Å²) in [7, 11) is 1.71. The topological polar surface area (TPSA) is 9.23 Å². The second-order valence-electron chi connectivity index (χ2n) is 5.93. The van der Waals surface area contributed by atoms with Crippen molar-refractivity contribution in [3.8, 4) is 5.75 Å². The fourth-order valence-corrected chi connectivity index (χ4v) is 4.10. The Bertz CT molecular complexity index is 448. The van der Waals surface area contributed by atoms with Crippen molar-refractivity contribution in [2.24, 2.45) is 17.3 Å². The van der Waals surface area contributed by atoms with Crippen LogP contribution in [0.1, 0.15) is 24.8 Å². The average molecular weight is 285 g/mol. The van der Waals surface area contributed by atoms with E-state index in [1.165, 1.54) is 24.8 Å². The lowest BCUT2D eigenvalue weighted by molar-refractivity contribution is 0.297. The van der Waals surface area contributed by atoms with Gasteiger partial charge in [0.05, 0.1) is 7.11 Å². The lowest BCUT2D eigenvalue weighted by atomic mass is 9.79. The molecule has 2 unspecified atom stereocenters. The SMILES string of the molecule is COc1ccc(Cl)cc1CC1(CCl)CC2CC2C1. The summed E-state index contributed by atoms with van der Waals surface area (Å²) in [5, 5.41) is 0.777. The Kier molecular flexibility index (Phi) is 3.23. The van der Waals surface area contributed by atoms with Crippen LogP contribution in [0.15, 0.2) is 18.2 Å². The maximum absolute atomic E-state index is 6.26. The molecule has 2 saturated carbocycles. The Hall–Kier alpha value is -0.400. The van der Waals surface area contributed by atoms with Crippen molar-refractivity contribution < 1.29 is 4.74 Å². The predicted molar refractivity (Wildman–Crippen MR) is 75.7 cm³/mol. The summed E-state index contributed by atoms with van der Waals surface area (Å²) in [6.45, 7) is 0. The molecule has 0 N–H and O–H groups in total. The summed E-state index contributed by atoms with van der Waals surface area (Å²) < 4.78 is 5.44. The summed E-state index contributed by atoms with van der Waals surface area (Å²) in [6, 6.07) is 5.86. The van der Waals surface area contributed by atoms with E-state index in [2.05, 4.69) is 0 Å². The van der Waals surface area contributed by atoms with Gasteiger partial charge in [-0.05, 0) is 66.7 Å². The minimum absolute atomic E-state index is 0.271. The van der Waals surface area contributed by atoms with Crippen LogP contribution in [0, 0.1) is 17.3 Å². The van der Waals surface area contributed by atoms with Gasteiger partial charge in [-0.3, -0.25) is 0 Å². The van der Waals surface area contributed by atoms with Crippen LogP contribution in [0.25, 0.3) is 0 Å². The van der Waals surface area contributed by atoms with Gasteiger partial charge in [0.25, 0.3) is 0 Å². The quantitative estimate of drug-likeness (QED) is 0.738. The summed E-state index contributed by atoms with van der Waals surface area (Å²) in [5.74, 6) is 3.56. The molecule has 98 valence electrons. The largest absolute Gasteiger partial charge is 0.496 e. The number of fused-ring (bicyclic) bond motifs is 1. The van der Waals surface area contributed by atoms with Crippen molar-refractivity contribution in [3.63, 3.8) is 0 Å². The van der Waals surface area contributed by atoms with E-state index in [-0.39, 0.29) is 5.41 Å². The molecule has 0 aromatic heterocycles. The van der Waals surface area contributed by atoms with E-state index in [0.717, 1.165) is 34.9 Å². The molecule has 1 nitrogen and oxygen atoms in total. The van der Waals surface area contributed by atoms with E-state index < -0.39 is 0 Å². The summed E-state index contributed by atoms with van der Waals surface area (Å²) >= 11 is 12.4. The third-order valence-electron chi connectivity index (χ3n) is 4.55. The molecule has 0 spiro atoms. The molecule has 0 heterocycles. The van der Waals surface area contributed by atoms with Gasteiger partial charge in [0, 0.05) is 10.9 Å². The Labute approximate surface area is 118 Å². The summed E-state index contributed by atoms with van der Waals surface area (Å²) in [4.78, 5) is 0. The van der Waals surface area contributed by atoms with Crippen molar-refractivity contribution in [2.75, 3.05) is 13.0 Å². The molecule has 0 amide bonds. The van der Waals surface area contributed by atoms with Gasteiger partial charge in [-0.15, -0.1) is 11.6 Å². The molecule has 1 aromatic carbocycles. The first kappa shape index (κ1) is 12.6. The highest BCUT2D eigenvalue weighted by Gasteiger charge is 2.53. The fraction of sp³-hybridized carbons (Fsp3) is 0.600. The van der Waals surface area contributed by atoms with Gasteiger partial charge in [-0.2, -0.15) is 0 Å². The summed E-state index contributed by atoms with van der Waals surface area (Å²) in [6.07, 6.45) is 4.96. The van der Waals surface area contributed by atoms with Crippen LogP contribution < -0.4 is 4.74 Å². The molecule has 0 bridgehead atoms. The average Bonchev–Trinajstić information content (AvgIpc) is 2.98. The standard InChI is InChI=1S/C15H18Cl2O/c1-18-14-3-2-13(17)5-12(14)8-15(9-16)6-10-4-11(10)7-15/h2-3,5,10-11H,4,6-9H2,1H3. The van der Waals surface area contributed by atoms with Crippen molar-refractivity contribution in [1.29, 1.82) is 0 Å². The number of ether oxygens (including phenoxy) is 1. The smallest absolute Gasteiger partial charge is 0.122 e. The van der Waals surface area contributed by atoms with E-state index in [1.807, 2.05) is 18.2 Å². The molecule has 18 heavy (non-hydrogen) atoms. The zero-order valence-electron chi connectivity index (χ0n) is 10.6. The fourth-order valence-electron chi connectivity index (χ4n) is 3.60. The molecule has 0 radical (unpaired) electrons. The lowest BCUT2D eigenvalue weighted by Gasteiger charge is -2.29. The molecule has 2 fully saturated rings. The summed E-state index contributed by atoms with van der Waals surface area (Å²) in [5.41, 5.74) is 1.47. The minimum atomic E-state index is 0.271. The molecule has 0 aliphatic heterocycles. The Morgan fingerprint density at radius 2 is 2.06 bits per heavy atom. The molecular weight excluding hydrogens is 267 g/mol. The number of methoxy groups -OCH3 is 1. The molecule has 2 aliphatic carbocycles. The van der Waals surface area contributed by atoms with Crippen molar-refractivity contribution in [3.05, 3.63) is 28.8 Å². The number of hydrogen-bond acceptors (Lipinski definition) is 1. The number of alkyl halides is 1. The molecule has 0 saturated heterocycles. The first-order chi connectivity index (χ1) is 8.65. The third kappa shape index (κ3) is 2.23. The van der Waals surface area contributed by atoms with Crippen LogP contribution in [0.2, 0.25) is 5.02 Å². The van der Waals surface area contributed by atoms with Crippen LogP contribution in [0.4, 0.5) is 0 Å². The molecule has 3 heteroatoms. The minimum Gasteiger partial charge on any atom is -0.496 e. The molecule has 3 rings (SSSR count). The Morgan fingerprint density at radius 1 is 1.33 bits per heavy atom. The maximum atomic E-state index is 6.26. The van der Waals surface area contributed by atoms with Crippen LogP contribution >= 0.6 is 23.2 Å². The molecular formula is C15H18Cl2O. The number of rotatable bonds is 4. The van der Waals surface area contributed by atoms with Crippen molar-refractivity contribution in [2.45, 2.75) is 25.7 Å². The van der Waals surface area contributed by atoms with Crippen LogP contribution in [-0.4, -0.2) is 13.0 Å². The van der Waals surface area contributed by atoms with E-state index >= 15 is 0 Å². The zero-order chi connectivity index (χ0) is 12.8.